The second kappa shape index (κ2) is 6.59. The molecular weight excluding hydrogens is 317 g/mol. The van der Waals surface area contributed by atoms with Gasteiger partial charge in [-0.3, -0.25) is 0 Å². The van der Waals surface area contributed by atoms with E-state index < -0.39 is 11.7 Å². The van der Waals surface area contributed by atoms with Gasteiger partial charge in [0.15, 0.2) is 0 Å². The minimum absolute atomic E-state index is 0.0307. The Labute approximate surface area is 138 Å². The van der Waals surface area contributed by atoms with Crippen LogP contribution in [0, 0.1) is 0 Å². The number of hydrogen-bond donors (Lipinski definition) is 2. The van der Waals surface area contributed by atoms with Crippen molar-refractivity contribution in [1.82, 2.24) is 4.98 Å². The number of halogens is 3. The summed E-state index contributed by atoms with van der Waals surface area (Å²) in [7, 11) is 0. The molecule has 1 aliphatic heterocycles. The van der Waals surface area contributed by atoms with E-state index in [0.29, 0.717) is 5.69 Å². The molecule has 128 valence electrons. The molecule has 1 aliphatic rings. The number of rotatable bonds is 3. The molecule has 0 radical (unpaired) electrons. The number of benzene rings is 1. The molecule has 3 N–H and O–H groups in total. The van der Waals surface area contributed by atoms with Gasteiger partial charge in [0.1, 0.15) is 5.82 Å². The van der Waals surface area contributed by atoms with Gasteiger partial charge in [-0.05, 0) is 49.6 Å². The van der Waals surface area contributed by atoms with Crippen molar-refractivity contribution in [3.63, 3.8) is 0 Å². The van der Waals surface area contributed by atoms with Crippen LogP contribution >= 0.6 is 0 Å². The van der Waals surface area contributed by atoms with E-state index in [-0.39, 0.29) is 11.5 Å². The maximum Gasteiger partial charge on any atom is 0.417 e. The Morgan fingerprint density at radius 3 is 2.33 bits per heavy atom. The molecule has 0 amide bonds. The second-order valence-corrected chi connectivity index (χ2v) is 5.87. The Hall–Kier alpha value is -2.44. The van der Waals surface area contributed by atoms with Gasteiger partial charge in [-0.25, -0.2) is 4.98 Å². The minimum Gasteiger partial charge on any atom is -0.382 e. The van der Waals surface area contributed by atoms with Crippen LogP contribution in [-0.4, -0.2) is 18.1 Å². The van der Waals surface area contributed by atoms with Crippen LogP contribution in [0.4, 0.5) is 36.1 Å². The van der Waals surface area contributed by atoms with Gasteiger partial charge in [-0.2, -0.15) is 13.2 Å². The molecule has 7 heteroatoms. The Morgan fingerprint density at radius 2 is 1.71 bits per heavy atom. The van der Waals surface area contributed by atoms with Gasteiger partial charge in [0.05, 0.1) is 11.3 Å². The van der Waals surface area contributed by atoms with Crippen molar-refractivity contribution in [3.05, 3.63) is 42.1 Å². The number of piperidine rings is 1. The van der Waals surface area contributed by atoms with Gasteiger partial charge < -0.3 is 16.0 Å². The van der Waals surface area contributed by atoms with Crippen molar-refractivity contribution >= 4 is 22.9 Å². The molecule has 4 nitrogen and oxygen atoms in total. The first-order chi connectivity index (χ1) is 11.4. The van der Waals surface area contributed by atoms with E-state index in [1.54, 1.807) is 0 Å². The molecule has 24 heavy (non-hydrogen) atoms. The summed E-state index contributed by atoms with van der Waals surface area (Å²) in [4.78, 5) is 5.93. The number of anilines is 4. The van der Waals surface area contributed by atoms with Crippen LogP contribution in [0.3, 0.4) is 0 Å². The molecule has 1 saturated heterocycles. The summed E-state index contributed by atoms with van der Waals surface area (Å²) in [6.07, 6.45) is -0.0773. The zero-order valence-corrected chi connectivity index (χ0v) is 13.1. The van der Waals surface area contributed by atoms with Crippen molar-refractivity contribution in [2.45, 2.75) is 25.4 Å². The third kappa shape index (κ3) is 3.72. The molecule has 0 aliphatic carbocycles. The van der Waals surface area contributed by atoms with Crippen LogP contribution in [-0.2, 0) is 6.18 Å². The first-order valence-corrected chi connectivity index (χ1v) is 7.88. The van der Waals surface area contributed by atoms with Crippen LogP contribution in [0.1, 0.15) is 24.8 Å². The zero-order valence-electron chi connectivity index (χ0n) is 13.1. The summed E-state index contributed by atoms with van der Waals surface area (Å²) < 4.78 is 38.3. The maximum absolute atomic E-state index is 12.8. The Balaban J connectivity index is 1.76. The Morgan fingerprint density at radius 1 is 1.04 bits per heavy atom. The number of alkyl halides is 3. The summed E-state index contributed by atoms with van der Waals surface area (Å²) in [5.41, 5.74) is 6.79. The predicted octanol–water partition coefficient (Wildman–Crippen LogP) is 4.42. The highest BCUT2D eigenvalue weighted by Crippen LogP contribution is 2.33. The monoisotopic (exact) mass is 336 g/mol. The van der Waals surface area contributed by atoms with Gasteiger partial charge in [0.2, 0.25) is 0 Å². The fourth-order valence-corrected chi connectivity index (χ4v) is 2.79. The molecule has 1 fully saturated rings. The first kappa shape index (κ1) is 16.4. The number of nitrogens with two attached hydrogens (primary N) is 1. The average Bonchev–Trinajstić information content (AvgIpc) is 2.57. The van der Waals surface area contributed by atoms with Crippen LogP contribution in [0.5, 0.6) is 0 Å². The van der Waals surface area contributed by atoms with E-state index in [0.717, 1.165) is 31.0 Å². The molecule has 0 bridgehead atoms. The molecule has 1 aromatic carbocycles. The summed E-state index contributed by atoms with van der Waals surface area (Å²) in [6, 6.07) is 8.57. The molecule has 3 rings (SSSR count). The summed E-state index contributed by atoms with van der Waals surface area (Å²) in [6.45, 7) is 2.08. The molecule has 0 spiro atoms. The van der Waals surface area contributed by atoms with Crippen molar-refractivity contribution in [2.75, 3.05) is 29.0 Å². The third-order valence-electron chi connectivity index (χ3n) is 4.11. The lowest BCUT2D eigenvalue weighted by molar-refractivity contribution is -0.137. The Kier molecular flexibility index (Phi) is 4.51. The van der Waals surface area contributed by atoms with Crippen molar-refractivity contribution in [2.24, 2.45) is 0 Å². The summed E-state index contributed by atoms with van der Waals surface area (Å²) in [5.74, 6) is 0.0307. The number of aromatic nitrogens is 1. The van der Waals surface area contributed by atoms with E-state index in [1.165, 1.54) is 19.3 Å². The van der Waals surface area contributed by atoms with Crippen molar-refractivity contribution in [1.29, 1.82) is 0 Å². The molecule has 2 heterocycles. The SMILES string of the molecule is Nc1ncc(C(F)(F)F)cc1Nc1ccc(N2CCCCC2)cc1. The first-order valence-electron chi connectivity index (χ1n) is 7.88. The molecule has 0 atom stereocenters. The van der Waals surface area contributed by atoms with E-state index in [2.05, 4.69) is 15.2 Å². The number of nitrogens with one attached hydrogen (secondary N) is 1. The number of hydrogen-bond acceptors (Lipinski definition) is 4. The highest BCUT2D eigenvalue weighted by atomic mass is 19.4. The summed E-state index contributed by atoms with van der Waals surface area (Å²) >= 11 is 0. The lowest BCUT2D eigenvalue weighted by Gasteiger charge is -2.28. The van der Waals surface area contributed by atoms with Gasteiger partial charge in [0, 0.05) is 30.7 Å². The average molecular weight is 336 g/mol. The van der Waals surface area contributed by atoms with Gasteiger partial charge in [0.25, 0.3) is 0 Å². The van der Waals surface area contributed by atoms with Gasteiger partial charge >= 0.3 is 6.18 Å². The smallest absolute Gasteiger partial charge is 0.382 e. The van der Waals surface area contributed by atoms with Crippen molar-refractivity contribution in [3.8, 4) is 0 Å². The Bertz CT molecular complexity index is 692. The highest BCUT2D eigenvalue weighted by Gasteiger charge is 2.31. The number of nitrogens with zero attached hydrogens (tertiary/aromatic N) is 2. The minimum atomic E-state index is -4.45. The largest absolute Gasteiger partial charge is 0.417 e. The highest BCUT2D eigenvalue weighted by molar-refractivity contribution is 5.71. The van der Waals surface area contributed by atoms with Crippen molar-refractivity contribution < 1.29 is 13.2 Å². The predicted molar refractivity (Wildman–Crippen MR) is 89.4 cm³/mol. The number of nitrogen functional groups attached to an aromatic ring is 1. The van der Waals surface area contributed by atoms with E-state index >= 15 is 0 Å². The quantitative estimate of drug-likeness (QED) is 0.871. The normalized spacial score (nSPS) is 15.4. The molecule has 0 unspecified atom stereocenters. The molecule has 1 aromatic heterocycles. The van der Waals surface area contributed by atoms with Crippen LogP contribution < -0.4 is 16.0 Å². The topological polar surface area (TPSA) is 54.2 Å². The fraction of sp³-hybridized carbons (Fsp3) is 0.353. The van der Waals surface area contributed by atoms with Gasteiger partial charge in [-0.15, -0.1) is 0 Å². The van der Waals surface area contributed by atoms with Crippen LogP contribution in [0.25, 0.3) is 0 Å². The zero-order chi connectivity index (χ0) is 17.2. The van der Waals surface area contributed by atoms with Crippen LogP contribution in [0.15, 0.2) is 36.5 Å². The van der Waals surface area contributed by atoms with E-state index in [9.17, 15) is 13.2 Å². The maximum atomic E-state index is 12.8. The second-order valence-electron chi connectivity index (χ2n) is 5.87. The third-order valence-corrected chi connectivity index (χ3v) is 4.11. The standard InChI is InChI=1S/C17H19F3N4/c18-17(19,20)12-10-15(16(21)22-11-12)23-13-4-6-14(7-5-13)24-8-2-1-3-9-24/h4-7,10-11,23H,1-3,8-9H2,(H2,21,22). The molecule has 2 aromatic rings. The number of pyridine rings is 1. The molecule has 0 saturated carbocycles. The van der Waals surface area contributed by atoms with E-state index in [4.69, 9.17) is 5.73 Å². The van der Waals surface area contributed by atoms with E-state index in [1.807, 2.05) is 24.3 Å². The van der Waals surface area contributed by atoms with Gasteiger partial charge in [-0.1, -0.05) is 0 Å². The molecular formula is C17H19F3N4. The lowest BCUT2D eigenvalue weighted by atomic mass is 10.1. The fourth-order valence-electron chi connectivity index (χ4n) is 2.79. The van der Waals surface area contributed by atoms with Crippen LogP contribution in [0.2, 0.25) is 0 Å². The summed E-state index contributed by atoms with van der Waals surface area (Å²) in [5, 5.41) is 2.91. The lowest BCUT2D eigenvalue weighted by Crippen LogP contribution is -2.29.